The lowest BCUT2D eigenvalue weighted by atomic mass is 10.1. The van der Waals surface area contributed by atoms with Crippen molar-refractivity contribution in [2.45, 2.75) is 6.10 Å². The highest BCUT2D eigenvalue weighted by atomic mass is 16.5. The number of rotatable bonds is 2. The fourth-order valence-electron chi connectivity index (χ4n) is 1.30. The zero-order valence-corrected chi connectivity index (χ0v) is 7.43. The Morgan fingerprint density at radius 1 is 1.38 bits per heavy atom. The second kappa shape index (κ2) is 3.47. The summed E-state index contributed by atoms with van der Waals surface area (Å²) in [5.74, 6) is 0.864. The minimum Gasteiger partial charge on any atom is -0.497 e. The van der Waals surface area contributed by atoms with Gasteiger partial charge in [-0.1, -0.05) is 12.1 Å². The molecule has 0 saturated heterocycles. The van der Waals surface area contributed by atoms with Crippen LogP contribution < -0.4 is 4.74 Å². The van der Waals surface area contributed by atoms with Crippen LogP contribution >= 0.6 is 0 Å². The van der Waals surface area contributed by atoms with Gasteiger partial charge in [0.05, 0.1) is 13.7 Å². The SMILES string of the molecule is COc1ccc([C@@H]2CN=CO2)cc1. The summed E-state index contributed by atoms with van der Waals surface area (Å²) in [6.45, 7) is 0.715. The Kier molecular flexibility index (Phi) is 2.17. The van der Waals surface area contributed by atoms with Crippen LogP contribution in [0.15, 0.2) is 29.3 Å². The zero-order chi connectivity index (χ0) is 9.10. The highest BCUT2D eigenvalue weighted by Gasteiger charge is 2.14. The number of hydrogen-bond acceptors (Lipinski definition) is 3. The van der Waals surface area contributed by atoms with Crippen molar-refractivity contribution >= 4 is 6.40 Å². The molecule has 0 amide bonds. The van der Waals surface area contributed by atoms with E-state index in [9.17, 15) is 0 Å². The monoisotopic (exact) mass is 177 g/mol. The van der Waals surface area contributed by atoms with Crippen molar-refractivity contribution in [1.82, 2.24) is 0 Å². The van der Waals surface area contributed by atoms with Crippen LogP contribution in [-0.4, -0.2) is 20.1 Å². The number of nitrogens with zero attached hydrogens (tertiary/aromatic N) is 1. The standard InChI is InChI=1S/C10H11NO2/c1-12-9-4-2-8(3-5-9)10-6-11-7-13-10/h2-5,7,10H,6H2,1H3/t10-/m0/s1. The van der Waals surface area contributed by atoms with Gasteiger partial charge in [0, 0.05) is 0 Å². The molecule has 0 fully saturated rings. The van der Waals surface area contributed by atoms with Crippen LogP contribution in [0.2, 0.25) is 0 Å². The number of methoxy groups -OCH3 is 1. The summed E-state index contributed by atoms with van der Waals surface area (Å²) in [7, 11) is 1.66. The molecule has 3 nitrogen and oxygen atoms in total. The molecule has 0 bridgehead atoms. The van der Waals surface area contributed by atoms with E-state index in [1.54, 1.807) is 7.11 Å². The quantitative estimate of drug-likeness (QED) is 0.689. The lowest BCUT2D eigenvalue weighted by Gasteiger charge is -2.09. The second-order valence-corrected chi connectivity index (χ2v) is 2.87. The highest BCUT2D eigenvalue weighted by molar-refractivity contribution is 5.50. The average Bonchev–Trinajstić information content (AvgIpc) is 2.71. The fourth-order valence-corrected chi connectivity index (χ4v) is 1.30. The van der Waals surface area contributed by atoms with Crippen LogP contribution in [0.25, 0.3) is 0 Å². The Morgan fingerprint density at radius 3 is 2.69 bits per heavy atom. The van der Waals surface area contributed by atoms with E-state index in [2.05, 4.69) is 4.99 Å². The maximum Gasteiger partial charge on any atom is 0.170 e. The molecule has 1 aromatic carbocycles. The molecule has 0 aromatic heterocycles. The molecule has 13 heavy (non-hydrogen) atoms. The first-order valence-corrected chi connectivity index (χ1v) is 4.18. The molecule has 68 valence electrons. The molecular weight excluding hydrogens is 166 g/mol. The van der Waals surface area contributed by atoms with E-state index in [1.165, 1.54) is 6.40 Å². The van der Waals surface area contributed by atoms with Crippen molar-refractivity contribution in [3.8, 4) is 5.75 Å². The predicted octanol–water partition coefficient (Wildman–Crippen LogP) is 1.79. The molecule has 1 aliphatic rings. The van der Waals surface area contributed by atoms with Gasteiger partial charge in [-0.3, -0.25) is 4.99 Å². The number of benzene rings is 1. The number of hydrogen-bond donors (Lipinski definition) is 0. The van der Waals surface area contributed by atoms with E-state index in [0.717, 1.165) is 11.3 Å². The molecule has 0 aliphatic carbocycles. The van der Waals surface area contributed by atoms with Crippen LogP contribution in [0, 0.1) is 0 Å². The maximum absolute atomic E-state index is 5.28. The lowest BCUT2D eigenvalue weighted by molar-refractivity contribution is 0.240. The highest BCUT2D eigenvalue weighted by Crippen LogP contribution is 2.22. The van der Waals surface area contributed by atoms with Gasteiger partial charge in [0.2, 0.25) is 0 Å². The van der Waals surface area contributed by atoms with Crippen LogP contribution in [0.3, 0.4) is 0 Å². The Labute approximate surface area is 77.0 Å². The van der Waals surface area contributed by atoms with Crippen molar-refractivity contribution < 1.29 is 9.47 Å². The third kappa shape index (κ3) is 1.64. The van der Waals surface area contributed by atoms with Crippen LogP contribution in [-0.2, 0) is 4.74 Å². The van der Waals surface area contributed by atoms with Crippen LogP contribution in [0.4, 0.5) is 0 Å². The third-order valence-corrected chi connectivity index (χ3v) is 2.06. The Bertz CT molecular complexity index is 297. The van der Waals surface area contributed by atoms with Crippen molar-refractivity contribution in [2.24, 2.45) is 4.99 Å². The Balaban J connectivity index is 2.13. The average molecular weight is 177 g/mol. The van der Waals surface area contributed by atoms with Crippen molar-refractivity contribution in [3.05, 3.63) is 29.8 Å². The lowest BCUT2D eigenvalue weighted by Crippen LogP contribution is -1.99. The Morgan fingerprint density at radius 2 is 2.15 bits per heavy atom. The first-order chi connectivity index (χ1) is 6.40. The smallest absolute Gasteiger partial charge is 0.170 e. The van der Waals surface area contributed by atoms with Gasteiger partial charge in [0.15, 0.2) is 6.40 Å². The van der Waals surface area contributed by atoms with Gasteiger partial charge in [-0.15, -0.1) is 0 Å². The van der Waals surface area contributed by atoms with Gasteiger partial charge in [-0.2, -0.15) is 0 Å². The van der Waals surface area contributed by atoms with Gasteiger partial charge >= 0.3 is 0 Å². The van der Waals surface area contributed by atoms with E-state index in [4.69, 9.17) is 9.47 Å². The molecule has 1 aromatic rings. The topological polar surface area (TPSA) is 30.8 Å². The second-order valence-electron chi connectivity index (χ2n) is 2.87. The fraction of sp³-hybridized carbons (Fsp3) is 0.300. The molecule has 1 atom stereocenters. The molecule has 0 radical (unpaired) electrons. The van der Waals surface area contributed by atoms with Crippen LogP contribution in [0.1, 0.15) is 11.7 Å². The summed E-state index contributed by atoms with van der Waals surface area (Å²) in [5, 5.41) is 0. The van der Waals surface area contributed by atoms with Crippen molar-refractivity contribution in [3.63, 3.8) is 0 Å². The summed E-state index contributed by atoms with van der Waals surface area (Å²) >= 11 is 0. The van der Waals surface area contributed by atoms with Crippen molar-refractivity contribution in [2.75, 3.05) is 13.7 Å². The summed E-state index contributed by atoms with van der Waals surface area (Å²) in [6, 6.07) is 7.85. The molecule has 0 unspecified atom stereocenters. The minimum absolute atomic E-state index is 0.0888. The summed E-state index contributed by atoms with van der Waals surface area (Å²) in [4.78, 5) is 4.01. The molecule has 2 rings (SSSR count). The molecule has 1 aliphatic heterocycles. The largest absolute Gasteiger partial charge is 0.497 e. The predicted molar refractivity (Wildman–Crippen MR) is 50.2 cm³/mol. The van der Waals surface area contributed by atoms with E-state index >= 15 is 0 Å². The van der Waals surface area contributed by atoms with E-state index in [1.807, 2.05) is 24.3 Å². The molecule has 0 saturated carbocycles. The summed E-state index contributed by atoms with van der Waals surface area (Å²) < 4.78 is 10.3. The van der Waals surface area contributed by atoms with Gasteiger partial charge in [-0.25, -0.2) is 0 Å². The van der Waals surface area contributed by atoms with E-state index in [-0.39, 0.29) is 6.10 Å². The maximum atomic E-state index is 5.28. The summed E-state index contributed by atoms with van der Waals surface area (Å²) in [5.41, 5.74) is 1.14. The molecular formula is C10H11NO2. The minimum atomic E-state index is 0.0888. The molecule has 3 heteroatoms. The zero-order valence-electron chi connectivity index (χ0n) is 7.43. The number of ether oxygens (including phenoxy) is 2. The van der Waals surface area contributed by atoms with Crippen LogP contribution in [0.5, 0.6) is 5.75 Å². The van der Waals surface area contributed by atoms with Gasteiger partial charge < -0.3 is 9.47 Å². The van der Waals surface area contributed by atoms with Gasteiger partial charge in [0.1, 0.15) is 11.9 Å². The Hall–Kier alpha value is -1.51. The van der Waals surface area contributed by atoms with Gasteiger partial charge in [0.25, 0.3) is 0 Å². The third-order valence-electron chi connectivity index (χ3n) is 2.06. The molecule has 1 heterocycles. The summed E-state index contributed by atoms with van der Waals surface area (Å²) in [6.07, 6.45) is 1.60. The first kappa shape index (κ1) is 8.10. The number of aliphatic imine (C=N–C) groups is 1. The molecule has 0 N–H and O–H groups in total. The van der Waals surface area contributed by atoms with E-state index in [0.29, 0.717) is 6.54 Å². The van der Waals surface area contributed by atoms with Gasteiger partial charge in [-0.05, 0) is 17.7 Å². The normalized spacial score (nSPS) is 19.9. The van der Waals surface area contributed by atoms with Crippen molar-refractivity contribution in [1.29, 1.82) is 0 Å². The molecule has 0 spiro atoms. The van der Waals surface area contributed by atoms with E-state index < -0.39 is 0 Å². The first-order valence-electron chi connectivity index (χ1n) is 4.18.